The van der Waals surface area contributed by atoms with Gasteiger partial charge in [-0.15, -0.1) is 0 Å². The first kappa shape index (κ1) is 13.9. The van der Waals surface area contributed by atoms with Gasteiger partial charge in [-0.1, -0.05) is 6.07 Å². The van der Waals surface area contributed by atoms with Gasteiger partial charge in [0.15, 0.2) is 0 Å². The van der Waals surface area contributed by atoms with Gasteiger partial charge in [0.25, 0.3) is 0 Å². The second kappa shape index (κ2) is 5.65. The van der Waals surface area contributed by atoms with Gasteiger partial charge >= 0.3 is 0 Å². The fraction of sp³-hybridized carbons (Fsp3) is 0.357. The van der Waals surface area contributed by atoms with E-state index in [0.29, 0.717) is 0 Å². The lowest BCUT2D eigenvalue weighted by molar-refractivity contribution is 0.814. The highest BCUT2D eigenvalue weighted by atomic mass is 79.9. The first-order valence-corrected chi connectivity index (χ1v) is 6.96. The normalized spacial score (nSPS) is 10.6. The Morgan fingerprint density at radius 3 is 2.68 bits per heavy atom. The molecule has 1 N–H and O–H groups in total. The topological polar surface area (TPSA) is 33.1 Å². The standard InChI is InChI=1S/C14H19BrN4/c1-10-5-6-13(12(15)7-10)16-8-11-9-17-14(18(2)3)19(11)4/h5-7,9,16H,8H2,1-4H3. The Hall–Kier alpha value is -1.49. The molecule has 0 fully saturated rings. The van der Waals surface area contributed by atoms with Crippen molar-refractivity contribution in [3.8, 4) is 0 Å². The predicted molar refractivity (Wildman–Crippen MR) is 83.7 cm³/mol. The Kier molecular flexibility index (Phi) is 4.14. The van der Waals surface area contributed by atoms with Crippen LogP contribution in [0.2, 0.25) is 0 Å². The van der Waals surface area contributed by atoms with Gasteiger partial charge in [0.1, 0.15) is 0 Å². The average molecular weight is 323 g/mol. The molecule has 0 saturated carbocycles. The summed E-state index contributed by atoms with van der Waals surface area (Å²) in [4.78, 5) is 6.41. The van der Waals surface area contributed by atoms with Crippen molar-refractivity contribution in [1.82, 2.24) is 9.55 Å². The van der Waals surface area contributed by atoms with Crippen LogP contribution in [0.5, 0.6) is 0 Å². The minimum Gasteiger partial charge on any atom is -0.378 e. The van der Waals surface area contributed by atoms with Crippen molar-refractivity contribution in [3.05, 3.63) is 40.1 Å². The molecule has 5 heteroatoms. The molecule has 0 aliphatic carbocycles. The first-order valence-electron chi connectivity index (χ1n) is 6.17. The Labute approximate surface area is 122 Å². The minimum absolute atomic E-state index is 0.749. The van der Waals surface area contributed by atoms with Crippen LogP contribution in [0.1, 0.15) is 11.3 Å². The van der Waals surface area contributed by atoms with Crippen molar-refractivity contribution in [2.24, 2.45) is 7.05 Å². The molecular weight excluding hydrogens is 304 g/mol. The van der Waals surface area contributed by atoms with E-state index >= 15 is 0 Å². The monoisotopic (exact) mass is 322 g/mol. The summed E-state index contributed by atoms with van der Waals surface area (Å²) in [6.45, 7) is 2.83. The Morgan fingerprint density at radius 1 is 1.37 bits per heavy atom. The number of nitrogens with one attached hydrogen (secondary N) is 1. The molecule has 0 spiro atoms. The van der Waals surface area contributed by atoms with Crippen LogP contribution in [0.4, 0.5) is 11.6 Å². The van der Waals surface area contributed by atoms with Gasteiger partial charge in [0.2, 0.25) is 5.95 Å². The summed E-state index contributed by atoms with van der Waals surface area (Å²) in [7, 11) is 6.02. The zero-order valence-corrected chi connectivity index (χ0v) is 13.3. The summed E-state index contributed by atoms with van der Waals surface area (Å²) in [5.74, 6) is 0.958. The van der Waals surface area contributed by atoms with Crippen molar-refractivity contribution in [3.63, 3.8) is 0 Å². The molecule has 1 heterocycles. The molecule has 0 amide bonds. The summed E-state index contributed by atoms with van der Waals surface area (Å²) in [6.07, 6.45) is 1.91. The third-order valence-electron chi connectivity index (χ3n) is 3.04. The maximum Gasteiger partial charge on any atom is 0.204 e. The van der Waals surface area contributed by atoms with Gasteiger partial charge in [-0.25, -0.2) is 4.98 Å². The summed E-state index contributed by atoms with van der Waals surface area (Å²) in [5.41, 5.74) is 3.49. The van der Waals surface area contributed by atoms with E-state index in [-0.39, 0.29) is 0 Å². The van der Waals surface area contributed by atoms with E-state index in [9.17, 15) is 0 Å². The third-order valence-corrected chi connectivity index (χ3v) is 3.70. The van der Waals surface area contributed by atoms with Gasteiger partial charge < -0.3 is 14.8 Å². The highest BCUT2D eigenvalue weighted by molar-refractivity contribution is 9.10. The molecule has 1 aromatic heterocycles. The quantitative estimate of drug-likeness (QED) is 0.938. The van der Waals surface area contributed by atoms with Crippen LogP contribution in [0.3, 0.4) is 0 Å². The molecule has 4 nitrogen and oxygen atoms in total. The Bertz CT molecular complexity index is 575. The van der Waals surface area contributed by atoms with E-state index in [4.69, 9.17) is 0 Å². The number of anilines is 2. The molecule has 2 rings (SSSR count). The molecule has 0 bridgehead atoms. The second-order valence-corrected chi connectivity index (χ2v) is 5.69. The zero-order chi connectivity index (χ0) is 14.0. The highest BCUT2D eigenvalue weighted by Crippen LogP contribution is 2.24. The number of aromatic nitrogens is 2. The van der Waals surface area contributed by atoms with Gasteiger partial charge in [0.05, 0.1) is 18.4 Å². The van der Waals surface area contributed by atoms with Crippen molar-refractivity contribution < 1.29 is 0 Å². The van der Waals surface area contributed by atoms with Crippen molar-refractivity contribution >= 4 is 27.6 Å². The second-order valence-electron chi connectivity index (χ2n) is 4.84. The fourth-order valence-corrected chi connectivity index (χ4v) is 2.60. The molecule has 1 aromatic carbocycles. The lowest BCUT2D eigenvalue weighted by Gasteiger charge is -2.13. The molecule has 0 radical (unpaired) electrons. The van der Waals surface area contributed by atoms with Crippen LogP contribution < -0.4 is 10.2 Å². The van der Waals surface area contributed by atoms with Crippen LogP contribution in [0.25, 0.3) is 0 Å². The van der Waals surface area contributed by atoms with Gasteiger partial charge in [-0.2, -0.15) is 0 Å². The average Bonchev–Trinajstić information content (AvgIpc) is 2.70. The van der Waals surface area contributed by atoms with Crippen molar-refractivity contribution in [2.45, 2.75) is 13.5 Å². The van der Waals surface area contributed by atoms with E-state index < -0.39 is 0 Å². The van der Waals surface area contributed by atoms with Crippen LogP contribution in [0.15, 0.2) is 28.9 Å². The smallest absolute Gasteiger partial charge is 0.204 e. The first-order chi connectivity index (χ1) is 8.99. The van der Waals surface area contributed by atoms with Crippen LogP contribution in [-0.2, 0) is 13.6 Å². The zero-order valence-electron chi connectivity index (χ0n) is 11.7. The summed E-state index contributed by atoms with van der Waals surface area (Å²) in [6, 6.07) is 6.29. The predicted octanol–water partition coefficient (Wildman–Crippen LogP) is 3.17. The van der Waals surface area contributed by atoms with E-state index in [0.717, 1.165) is 28.3 Å². The van der Waals surface area contributed by atoms with Crippen LogP contribution in [-0.4, -0.2) is 23.6 Å². The number of benzene rings is 1. The number of imidazole rings is 1. The number of rotatable bonds is 4. The molecule has 0 aliphatic heterocycles. The highest BCUT2D eigenvalue weighted by Gasteiger charge is 2.08. The number of halogens is 1. The summed E-state index contributed by atoms with van der Waals surface area (Å²) >= 11 is 3.57. The molecular formula is C14H19BrN4. The lowest BCUT2D eigenvalue weighted by Crippen LogP contribution is -2.15. The molecule has 19 heavy (non-hydrogen) atoms. The van der Waals surface area contributed by atoms with Gasteiger partial charge in [-0.3, -0.25) is 0 Å². The number of aryl methyl sites for hydroxylation is 1. The van der Waals surface area contributed by atoms with E-state index in [2.05, 4.69) is 55.9 Å². The molecule has 0 aliphatic rings. The number of hydrogen-bond donors (Lipinski definition) is 1. The molecule has 0 saturated heterocycles. The van der Waals surface area contributed by atoms with Crippen molar-refractivity contribution in [1.29, 1.82) is 0 Å². The molecule has 2 aromatic rings. The molecule has 0 atom stereocenters. The lowest BCUT2D eigenvalue weighted by atomic mass is 10.2. The van der Waals surface area contributed by atoms with Gasteiger partial charge in [-0.05, 0) is 40.5 Å². The van der Waals surface area contributed by atoms with Gasteiger partial charge in [0, 0.05) is 31.3 Å². The largest absolute Gasteiger partial charge is 0.378 e. The van der Waals surface area contributed by atoms with Crippen LogP contribution in [0, 0.1) is 6.92 Å². The number of hydrogen-bond acceptors (Lipinski definition) is 3. The van der Waals surface area contributed by atoms with Crippen LogP contribution >= 0.6 is 15.9 Å². The van der Waals surface area contributed by atoms with Crippen molar-refractivity contribution in [2.75, 3.05) is 24.3 Å². The SMILES string of the molecule is Cc1ccc(NCc2cnc(N(C)C)n2C)c(Br)c1. The van der Waals surface area contributed by atoms with E-state index in [1.54, 1.807) is 0 Å². The molecule has 102 valence electrons. The van der Waals surface area contributed by atoms with E-state index in [1.807, 2.05) is 32.2 Å². The summed E-state index contributed by atoms with van der Waals surface area (Å²) in [5, 5.41) is 3.42. The maximum absolute atomic E-state index is 4.40. The maximum atomic E-state index is 4.40. The number of nitrogens with zero attached hydrogens (tertiary/aromatic N) is 3. The Morgan fingerprint density at radius 2 is 2.11 bits per heavy atom. The van der Waals surface area contributed by atoms with E-state index in [1.165, 1.54) is 5.56 Å². The fourth-order valence-electron chi connectivity index (χ4n) is 1.96. The third kappa shape index (κ3) is 3.10. The Balaban J connectivity index is 2.10. The minimum atomic E-state index is 0.749. The summed E-state index contributed by atoms with van der Waals surface area (Å²) < 4.78 is 3.18. The molecule has 0 unspecified atom stereocenters.